The molecule has 3 aromatic rings. The largest absolute Gasteiger partial charge is 0.508 e. The van der Waals surface area contributed by atoms with E-state index in [9.17, 15) is 34.8 Å². The Kier molecular flexibility index (Phi) is 4.32. The molecule has 10 heteroatoms. The zero-order valence-corrected chi connectivity index (χ0v) is 17.3. The Hall–Kier alpha value is -4.21. The van der Waals surface area contributed by atoms with E-state index in [1.807, 2.05) is 0 Å². The van der Waals surface area contributed by atoms with E-state index in [2.05, 4.69) is 0 Å². The van der Waals surface area contributed by atoms with Crippen molar-refractivity contribution in [1.29, 1.82) is 0 Å². The zero-order valence-electron chi connectivity index (χ0n) is 17.3. The molecule has 2 aliphatic rings. The number of fused-ring (bicyclic) bond motifs is 2. The van der Waals surface area contributed by atoms with Gasteiger partial charge in [-0.05, 0) is 18.1 Å². The standard InChI is InChI=1S/C23H18O10/c1-2-23(11-3-4-31-21(29)10(11)8-32-22(23)30)12-7-14(26)20-17(18(12)27)19(28)16-13(25)5-9(24)6-15(16)33-20/h5-7,24-27H,2-4,8H2,1H3/t23-/m1/s1. The molecule has 0 aliphatic carbocycles. The van der Waals surface area contributed by atoms with Gasteiger partial charge >= 0.3 is 11.9 Å². The maximum absolute atomic E-state index is 13.3. The molecule has 2 aliphatic heterocycles. The van der Waals surface area contributed by atoms with Crippen molar-refractivity contribution < 1.29 is 43.9 Å². The smallest absolute Gasteiger partial charge is 0.337 e. The van der Waals surface area contributed by atoms with Crippen molar-refractivity contribution in [1.82, 2.24) is 0 Å². The molecule has 0 saturated heterocycles. The molecule has 2 aromatic carbocycles. The summed E-state index contributed by atoms with van der Waals surface area (Å²) in [6, 6.07) is 3.11. The van der Waals surface area contributed by atoms with Crippen molar-refractivity contribution in [2.45, 2.75) is 25.2 Å². The Bertz CT molecular complexity index is 1480. The van der Waals surface area contributed by atoms with E-state index in [1.54, 1.807) is 6.92 Å². The predicted octanol–water partition coefficient (Wildman–Crippen LogP) is 2.22. The van der Waals surface area contributed by atoms with Crippen molar-refractivity contribution in [3.05, 3.63) is 45.1 Å². The second kappa shape index (κ2) is 6.89. The Morgan fingerprint density at radius 1 is 0.970 bits per heavy atom. The lowest BCUT2D eigenvalue weighted by Gasteiger charge is -2.40. The van der Waals surface area contributed by atoms with Gasteiger partial charge < -0.3 is 34.3 Å². The van der Waals surface area contributed by atoms with E-state index in [0.29, 0.717) is 5.57 Å². The average molecular weight is 454 g/mol. The van der Waals surface area contributed by atoms with Gasteiger partial charge in [0.15, 0.2) is 11.3 Å². The van der Waals surface area contributed by atoms with Crippen LogP contribution in [0.15, 0.2) is 38.6 Å². The molecular formula is C23H18O10. The zero-order chi connectivity index (χ0) is 23.7. The van der Waals surface area contributed by atoms with Crippen LogP contribution in [0.25, 0.3) is 21.9 Å². The fraction of sp³-hybridized carbons (Fsp3) is 0.261. The monoisotopic (exact) mass is 454 g/mol. The molecule has 0 spiro atoms. The third-order valence-corrected chi connectivity index (χ3v) is 6.36. The highest BCUT2D eigenvalue weighted by molar-refractivity contribution is 6.03. The summed E-state index contributed by atoms with van der Waals surface area (Å²) in [6.07, 6.45) is 0.253. The summed E-state index contributed by atoms with van der Waals surface area (Å²) in [5, 5.41) is 41.1. The molecule has 4 N–H and O–H groups in total. The fourth-order valence-electron chi connectivity index (χ4n) is 4.84. The van der Waals surface area contributed by atoms with Crippen LogP contribution in [0.3, 0.4) is 0 Å². The summed E-state index contributed by atoms with van der Waals surface area (Å²) in [5.74, 6) is -3.57. The first kappa shape index (κ1) is 20.7. The van der Waals surface area contributed by atoms with Crippen LogP contribution in [-0.2, 0) is 24.5 Å². The molecule has 0 radical (unpaired) electrons. The van der Waals surface area contributed by atoms with Crippen molar-refractivity contribution >= 4 is 33.9 Å². The van der Waals surface area contributed by atoms with Crippen LogP contribution in [-0.4, -0.2) is 45.6 Å². The highest BCUT2D eigenvalue weighted by Gasteiger charge is 2.52. The van der Waals surface area contributed by atoms with Gasteiger partial charge in [-0.1, -0.05) is 6.92 Å². The SMILES string of the molecule is CC[C@@]1(c2cc(O)c3oc4cc(O)cc(O)c4c(=O)c3c2O)C(=O)OCC2=C1CCOC2=O. The van der Waals surface area contributed by atoms with Gasteiger partial charge in [0.1, 0.15) is 45.6 Å². The first-order chi connectivity index (χ1) is 15.7. The van der Waals surface area contributed by atoms with E-state index in [0.717, 1.165) is 18.2 Å². The summed E-state index contributed by atoms with van der Waals surface area (Å²) in [5.41, 5.74) is -2.73. The predicted molar refractivity (Wildman–Crippen MR) is 112 cm³/mol. The minimum Gasteiger partial charge on any atom is -0.508 e. The Balaban J connectivity index is 1.92. The second-order valence-electron chi connectivity index (χ2n) is 7.94. The number of phenols is 4. The van der Waals surface area contributed by atoms with Crippen LogP contribution in [0.2, 0.25) is 0 Å². The number of benzene rings is 2. The van der Waals surface area contributed by atoms with Gasteiger partial charge in [0.05, 0.1) is 12.2 Å². The Morgan fingerprint density at radius 3 is 2.45 bits per heavy atom. The van der Waals surface area contributed by atoms with Crippen molar-refractivity contribution in [2.75, 3.05) is 13.2 Å². The number of esters is 2. The van der Waals surface area contributed by atoms with Gasteiger partial charge in [-0.3, -0.25) is 9.59 Å². The summed E-state index contributed by atoms with van der Waals surface area (Å²) in [6.45, 7) is 1.39. The van der Waals surface area contributed by atoms with Crippen LogP contribution < -0.4 is 5.43 Å². The summed E-state index contributed by atoms with van der Waals surface area (Å²) < 4.78 is 15.8. The van der Waals surface area contributed by atoms with Gasteiger partial charge in [-0.15, -0.1) is 0 Å². The lowest BCUT2D eigenvalue weighted by molar-refractivity contribution is -0.153. The lowest BCUT2D eigenvalue weighted by atomic mass is 9.67. The maximum Gasteiger partial charge on any atom is 0.337 e. The number of aromatic hydroxyl groups is 4. The van der Waals surface area contributed by atoms with E-state index in [-0.39, 0.29) is 53.9 Å². The molecule has 170 valence electrons. The molecule has 3 heterocycles. The topological polar surface area (TPSA) is 164 Å². The molecular weight excluding hydrogens is 436 g/mol. The number of hydrogen-bond donors (Lipinski definition) is 4. The van der Waals surface area contributed by atoms with Crippen LogP contribution in [0.1, 0.15) is 25.3 Å². The molecule has 33 heavy (non-hydrogen) atoms. The number of phenolic OH excluding ortho intramolecular Hbond substituents is 4. The number of rotatable bonds is 2. The van der Waals surface area contributed by atoms with Crippen LogP contribution in [0, 0.1) is 0 Å². The second-order valence-corrected chi connectivity index (χ2v) is 7.94. The first-order valence-corrected chi connectivity index (χ1v) is 10.2. The molecule has 1 aromatic heterocycles. The van der Waals surface area contributed by atoms with E-state index >= 15 is 0 Å². The minimum atomic E-state index is -1.65. The van der Waals surface area contributed by atoms with Gasteiger partial charge in [0, 0.05) is 24.1 Å². The fourth-order valence-corrected chi connectivity index (χ4v) is 4.84. The molecule has 0 saturated carbocycles. The average Bonchev–Trinajstić information content (AvgIpc) is 2.76. The van der Waals surface area contributed by atoms with E-state index < -0.39 is 51.0 Å². The first-order valence-electron chi connectivity index (χ1n) is 10.2. The van der Waals surface area contributed by atoms with Crippen molar-refractivity contribution in [3.8, 4) is 23.0 Å². The highest BCUT2D eigenvalue weighted by Crippen LogP contribution is 2.50. The minimum absolute atomic E-state index is 0.0250. The van der Waals surface area contributed by atoms with Gasteiger partial charge in [0.2, 0.25) is 5.43 Å². The number of carbonyl (C=O) groups is 2. The van der Waals surface area contributed by atoms with Gasteiger partial charge in [-0.25, -0.2) is 4.79 Å². The van der Waals surface area contributed by atoms with Crippen LogP contribution >= 0.6 is 0 Å². The molecule has 0 amide bonds. The third kappa shape index (κ3) is 2.63. The normalized spacial score (nSPS) is 20.6. The number of ether oxygens (including phenoxy) is 2. The van der Waals surface area contributed by atoms with Crippen LogP contribution in [0.5, 0.6) is 23.0 Å². The van der Waals surface area contributed by atoms with Gasteiger partial charge in [-0.2, -0.15) is 0 Å². The molecule has 0 bridgehead atoms. The molecule has 10 nitrogen and oxygen atoms in total. The van der Waals surface area contributed by atoms with E-state index in [1.165, 1.54) is 0 Å². The quantitative estimate of drug-likeness (QED) is 0.256. The summed E-state index contributed by atoms with van der Waals surface area (Å²) in [7, 11) is 0. The Labute approximate surface area is 184 Å². The Morgan fingerprint density at radius 2 is 1.73 bits per heavy atom. The molecule has 5 rings (SSSR count). The number of carbonyl (C=O) groups excluding carboxylic acids is 2. The maximum atomic E-state index is 13.3. The lowest BCUT2D eigenvalue weighted by Crippen LogP contribution is -2.46. The van der Waals surface area contributed by atoms with Crippen molar-refractivity contribution in [2.24, 2.45) is 0 Å². The molecule has 1 atom stereocenters. The highest BCUT2D eigenvalue weighted by atomic mass is 16.6. The summed E-state index contributed by atoms with van der Waals surface area (Å²) in [4.78, 5) is 38.7. The van der Waals surface area contributed by atoms with Crippen LogP contribution in [0.4, 0.5) is 0 Å². The van der Waals surface area contributed by atoms with E-state index in [4.69, 9.17) is 13.9 Å². The summed E-state index contributed by atoms with van der Waals surface area (Å²) >= 11 is 0. The third-order valence-electron chi connectivity index (χ3n) is 6.36. The van der Waals surface area contributed by atoms with Gasteiger partial charge in [0.25, 0.3) is 0 Å². The number of hydrogen-bond acceptors (Lipinski definition) is 10. The molecule has 0 fully saturated rings. The van der Waals surface area contributed by atoms with Crippen molar-refractivity contribution in [3.63, 3.8) is 0 Å². The molecule has 0 unspecified atom stereocenters. The number of cyclic esters (lactones) is 2.